The molecule has 142 valence electrons. The number of benzene rings is 1. The minimum absolute atomic E-state index is 0. The molecule has 1 aliphatic rings. The molecule has 0 amide bonds. The van der Waals surface area contributed by atoms with Crippen molar-refractivity contribution in [2.24, 2.45) is 4.99 Å². The molecule has 0 spiro atoms. The summed E-state index contributed by atoms with van der Waals surface area (Å²) in [5.74, 6) is 0.955. The standard InChI is InChI=1S/C20H34N4.HI/c1-4-21-20(23-19-9-7-8-10-19)22-15-17-11-13-18(14-12-17)16-24(5-2)6-3;/h11-14,19H,4-10,15-16H2,1-3H3,(H2,21,22,23);1H. The van der Waals surface area contributed by atoms with Crippen molar-refractivity contribution in [1.29, 1.82) is 0 Å². The largest absolute Gasteiger partial charge is 0.357 e. The van der Waals surface area contributed by atoms with Gasteiger partial charge in [-0.25, -0.2) is 4.99 Å². The van der Waals surface area contributed by atoms with Gasteiger partial charge in [0.15, 0.2) is 5.96 Å². The van der Waals surface area contributed by atoms with E-state index in [1.165, 1.54) is 36.8 Å². The highest BCUT2D eigenvalue weighted by Gasteiger charge is 2.15. The summed E-state index contributed by atoms with van der Waals surface area (Å²) in [4.78, 5) is 7.19. The first kappa shape index (κ1) is 22.2. The van der Waals surface area contributed by atoms with Crippen molar-refractivity contribution in [3.05, 3.63) is 35.4 Å². The maximum absolute atomic E-state index is 4.75. The van der Waals surface area contributed by atoms with Crippen LogP contribution in [0.4, 0.5) is 0 Å². The first-order chi connectivity index (χ1) is 11.7. The Labute approximate surface area is 170 Å². The van der Waals surface area contributed by atoms with Crippen LogP contribution in [0.1, 0.15) is 57.6 Å². The smallest absolute Gasteiger partial charge is 0.191 e. The Morgan fingerprint density at radius 1 is 1.04 bits per heavy atom. The third-order valence-electron chi connectivity index (χ3n) is 4.78. The van der Waals surface area contributed by atoms with E-state index >= 15 is 0 Å². The molecule has 5 heteroatoms. The topological polar surface area (TPSA) is 39.7 Å². The molecule has 1 saturated carbocycles. The Bertz CT molecular complexity index is 491. The van der Waals surface area contributed by atoms with Crippen LogP contribution in [-0.4, -0.2) is 36.5 Å². The number of hydrogen-bond acceptors (Lipinski definition) is 2. The molecule has 0 aliphatic heterocycles. The molecule has 0 atom stereocenters. The third kappa shape index (κ3) is 7.94. The zero-order chi connectivity index (χ0) is 17.2. The van der Waals surface area contributed by atoms with E-state index in [0.29, 0.717) is 6.04 Å². The Kier molecular flexibility index (Phi) is 11.1. The molecule has 0 saturated heterocycles. The first-order valence-electron chi connectivity index (χ1n) is 9.60. The van der Waals surface area contributed by atoms with E-state index in [0.717, 1.165) is 38.7 Å². The lowest BCUT2D eigenvalue weighted by Gasteiger charge is -2.18. The van der Waals surface area contributed by atoms with E-state index in [2.05, 4.69) is 60.6 Å². The molecular weight excluding hydrogens is 423 g/mol. The Hall–Kier alpha value is -0.820. The maximum Gasteiger partial charge on any atom is 0.191 e. The summed E-state index contributed by atoms with van der Waals surface area (Å²) < 4.78 is 0. The average Bonchev–Trinajstić information content (AvgIpc) is 3.12. The number of nitrogens with zero attached hydrogens (tertiary/aromatic N) is 2. The fourth-order valence-corrected chi connectivity index (χ4v) is 3.21. The van der Waals surface area contributed by atoms with Gasteiger partial charge >= 0.3 is 0 Å². The number of guanidine groups is 1. The molecule has 25 heavy (non-hydrogen) atoms. The van der Waals surface area contributed by atoms with Crippen molar-refractivity contribution in [1.82, 2.24) is 15.5 Å². The molecule has 1 aliphatic carbocycles. The monoisotopic (exact) mass is 458 g/mol. The molecule has 0 heterocycles. The highest BCUT2D eigenvalue weighted by atomic mass is 127. The molecule has 1 fully saturated rings. The van der Waals surface area contributed by atoms with E-state index in [1.807, 2.05) is 0 Å². The van der Waals surface area contributed by atoms with Gasteiger partial charge in [-0.05, 0) is 44.0 Å². The normalized spacial score (nSPS) is 15.3. The molecule has 0 bridgehead atoms. The van der Waals surface area contributed by atoms with Crippen molar-refractivity contribution in [3.63, 3.8) is 0 Å². The summed E-state index contributed by atoms with van der Waals surface area (Å²) in [6, 6.07) is 9.49. The van der Waals surface area contributed by atoms with E-state index in [9.17, 15) is 0 Å². The molecular formula is C20H35IN4. The van der Waals surface area contributed by atoms with Gasteiger partial charge in [0.25, 0.3) is 0 Å². The van der Waals surface area contributed by atoms with Crippen LogP contribution in [0.3, 0.4) is 0 Å². The zero-order valence-electron chi connectivity index (χ0n) is 16.1. The quantitative estimate of drug-likeness (QED) is 0.350. The number of rotatable bonds is 8. The summed E-state index contributed by atoms with van der Waals surface area (Å²) in [5.41, 5.74) is 2.64. The molecule has 1 aromatic rings. The van der Waals surface area contributed by atoms with E-state index < -0.39 is 0 Å². The van der Waals surface area contributed by atoms with Gasteiger partial charge < -0.3 is 10.6 Å². The van der Waals surface area contributed by atoms with Gasteiger partial charge in [0.05, 0.1) is 6.54 Å². The predicted octanol–water partition coefficient (Wildman–Crippen LogP) is 4.14. The molecule has 4 nitrogen and oxygen atoms in total. The van der Waals surface area contributed by atoms with Gasteiger partial charge in [0.2, 0.25) is 0 Å². The average molecular weight is 458 g/mol. The minimum atomic E-state index is 0. The summed E-state index contributed by atoms with van der Waals surface area (Å²) in [6.45, 7) is 11.4. The van der Waals surface area contributed by atoms with Gasteiger partial charge in [-0.1, -0.05) is 51.0 Å². The summed E-state index contributed by atoms with van der Waals surface area (Å²) in [5, 5.41) is 6.94. The van der Waals surface area contributed by atoms with Gasteiger partial charge in [-0.3, -0.25) is 4.90 Å². The van der Waals surface area contributed by atoms with Gasteiger partial charge in [-0.15, -0.1) is 24.0 Å². The molecule has 0 aromatic heterocycles. The van der Waals surface area contributed by atoms with E-state index in [1.54, 1.807) is 0 Å². The van der Waals surface area contributed by atoms with Gasteiger partial charge in [0, 0.05) is 19.1 Å². The van der Waals surface area contributed by atoms with Crippen molar-refractivity contribution >= 4 is 29.9 Å². The second kappa shape index (κ2) is 12.5. The molecule has 2 N–H and O–H groups in total. The molecule has 2 rings (SSSR count). The van der Waals surface area contributed by atoms with Crippen molar-refractivity contribution in [2.75, 3.05) is 19.6 Å². The molecule has 0 radical (unpaired) electrons. The van der Waals surface area contributed by atoms with Crippen molar-refractivity contribution in [3.8, 4) is 0 Å². The minimum Gasteiger partial charge on any atom is -0.357 e. The lowest BCUT2D eigenvalue weighted by molar-refractivity contribution is 0.296. The van der Waals surface area contributed by atoms with Crippen LogP contribution >= 0.6 is 24.0 Å². The fraction of sp³-hybridized carbons (Fsp3) is 0.650. The SMILES string of the molecule is CCNC(=NCc1ccc(CN(CC)CC)cc1)NC1CCCC1.I. The Balaban J connectivity index is 0.00000312. The highest BCUT2D eigenvalue weighted by Crippen LogP contribution is 2.17. The summed E-state index contributed by atoms with van der Waals surface area (Å²) in [6.07, 6.45) is 5.21. The van der Waals surface area contributed by atoms with E-state index in [-0.39, 0.29) is 24.0 Å². The number of halogens is 1. The maximum atomic E-state index is 4.75. The van der Waals surface area contributed by atoms with Crippen LogP contribution in [0.15, 0.2) is 29.3 Å². The number of nitrogens with one attached hydrogen (secondary N) is 2. The summed E-state index contributed by atoms with van der Waals surface area (Å²) >= 11 is 0. The predicted molar refractivity (Wildman–Crippen MR) is 119 cm³/mol. The van der Waals surface area contributed by atoms with Crippen LogP contribution in [0, 0.1) is 0 Å². The van der Waals surface area contributed by atoms with Crippen LogP contribution in [0.25, 0.3) is 0 Å². The second-order valence-corrected chi connectivity index (χ2v) is 6.60. The number of hydrogen-bond donors (Lipinski definition) is 2. The number of aliphatic imine (C=N–C) groups is 1. The first-order valence-corrected chi connectivity index (χ1v) is 9.60. The zero-order valence-corrected chi connectivity index (χ0v) is 18.4. The summed E-state index contributed by atoms with van der Waals surface area (Å²) in [7, 11) is 0. The second-order valence-electron chi connectivity index (χ2n) is 6.60. The van der Waals surface area contributed by atoms with Gasteiger partial charge in [-0.2, -0.15) is 0 Å². The van der Waals surface area contributed by atoms with E-state index in [4.69, 9.17) is 4.99 Å². The van der Waals surface area contributed by atoms with Crippen LogP contribution in [-0.2, 0) is 13.1 Å². The van der Waals surface area contributed by atoms with Crippen molar-refractivity contribution < 1.29 is 0 Å². The lowest BCUT2D eigenvalue weighted by atomic mass is 10.1. The van der Waals surface area contributed by atoms with Crippen molar-refractivity contribution in [2.45, 2.75) is 65.6 Å². The van der Waals surface area contributed by atoms with Crippen LogP contribution < -0.4 is 10.6 Å². The Morgan fingerprint density at radius 3 is 2.20 bits per heavy atom. The van der Waals surface area contributed by atoms with Crippen LogP contribution in [0.2, 0.25) is 0 Å². The third-order valence-corrected chi connectivity index (χ3v) is 4.78. The molecule has 1 aromatic carbocycles. The molecule has 0 unspecified atom stereocenters. The Morgan fingerprint density at radius 2 is 1.64 bits per heavy atom. The fourth-order valence-electron chi connectivity index (χ4n) is 3.21. The lowest BCUT2D eigenvalue weighted by Crippen LogP contribution is -2.42. The van der Waals surface area contributed by atoms with Crippen LogP contribution in [0.5, 0.6) is 0 Å². The highest BCUT2D eigenvalue weighted by molar-refractivity contribution is 14.0. The van der Waals surface area contributed by atoms with Gasteiger partial charge in [0.1, 0.15) is 0 Å².